The number of allylic oxidation sites excluding steroid dienone is 2. The van der Waals surface area contributed by atoms with Gasteiger partial charge in [-0.15, -0.1) is 0 Å². The topological polar surface area (TPSA) is 185 Å². The van der Waals surface area contributed by atoms with Gasteiger partial charge in [-0.3, -0.25) is 24.0 Å². The summed E-state index contributed by atoms with van der Waals surface area (Å²) in [5, 5.41) is 24.5. The van der Waals surface area contributed by atoms with E-state index in [4.69, 9.17) is 14.6 Å². The molecule has 0 bridgehead atoms. The lowest BCUT2D eigenvalue weighted by Crippen LogP contribution is -2.52. The van der Waals surface area contributed by atoms with Crippen LogP contribution in [0.3, 0.4) is 0 Å². The Morgan fingerprint density at radius 1 is 1.13 bits per heavy atom. The van der Waals surface area contributed by atoms with Gasteiger partial charge in [-0.25, -0.2) is 4.79 Å². The molecule has 2 heterocycles. The van der Waals surface area contributed by atoms with Gasteiger partial charge in [0.25, 0.3) is 5.60 Å². The highest BCUT2D eigenvalue weighted by Crippen LogP contribution is 2.64. The third-order valence-corrected chi connectivity index (χ3v) is 7.62. The van der Waals surface area contributed by atoms with Crippen LogP contribution in [0.1, 0.15) is 55.1 Å². The molecule has 2 atom stereocenters. The zero-order valence-corrected chi connectivity index (χ0v) is 22.4. The molecule has 39 heavy (non-hydrogen) atoms. The minimum Gasteiger partial charge on any atom is -0.507 e. The second-order valence-corrected chi connectivity index (χ2v) is 10.4. The van der Waals surface area contributed by atoms with Crippen molar-refractivity contribution in [1.82, 2.24) is 10.6 Å². The third kappa shape index (κ3) is 4.56. The maximum absolute atomic E-state index is 13.6. The fourth-order valence-electron chi connectivity index (χ4n) is 4.71. The van der Waals surface area contributed by atoms with Gasteiger partial charge >= 0.3 is 5.97 Å². The standard InChI is InChI=1S/C26H26N2O10S/c1-10-21(33)19(12(3)29)23-20-22(10)38-26(20)16(37-23)8-15(31)18(24(26)34)11(2)27-7-5-6-17(32)39-9-14(25(35)36)28-13(4)30/h8,14,27,33H,5-7,9H2,1-4H3,(H,28,30)(H,35,36)/b18-11+. The van der Waals surface area contributed by atoms with Crippen molar-refractivity contribution in [1.29, 1.82) is 0 Å². The molecule has 1 spiro atoms. The van der Waals surface area contributed by atoms with Crippen molar-refractivity contribution in [2.24, 2.45) is 0 Å². The Hall–Kier alpha value is -4.13. The van der Waals surface area contributed by atoms with Gasteiger partial charge in [-0.05, 0) is 27.2 Å². The molecule has 4 rings (SSSR count). The Balaban J connectivity index is 1.44. The van der Waals surface area contributed by atoms with Crippen molar-refractivity contribution < 1.29 is 48.5 Å². The number of carboxylic acids is 1. The number of amides is 1. The Morgan fingerprint density at radius 3 is 2.44 bits per heavy atom. The van der Waals surface area contributed by atoms with Crippen molar-refractivity contribution in [3.8, 4) is 17.2 Å². The number of Topliss-reactive ketones (excluding diaryl/α,β-unsaturated/α-hetero) is 2. The van der Waals surface area contributed by atoms with Gasteiger partial charge in [-0.2, -0.15) is 0 Å². The summed E-state index contributed by atoms with van der Waals surface area (Å²) in [7, 11) is 0. The molecule has 206 valence electrons. The molecule has 0 radical (unpaired) electrons. The number of carboxylic acid groups (broad SMARTS) is 1. The predicted octanol–water partition coefficient (Wildman–Crippen LogP) is 1.41. The number of thioether (sulfide) groups is 1. The number of hydrogen-bond donors (Lipinski definition) is 4. The highest BCUT2D eigenvalue weighted by Gasteiger charge is 2.67. The number of carbonyl (C=O) groups excluding carboxylic acids is 5. The van der Waals surface area contributed by atoms with Crippen LogP contribution in [0.2, 0.25) is 0 Å². The number of aromatic hydroxyl groups is 1. The van der Waals surface area contributed by atoms with Crippen LogP contribution < -0.4 is 20.1 Å². The van der Waals surface area contributed by atoms with Crippen LogP contribution in [0.4, 0.5) is 0 Å². The molecule has 1 aliphatic carbocycles. The van der Waals surface area contributed by atoms with E-state index in [0.29, 0.717) is 12.0 Å². The molecule has 1 aromatic carbocycles. The minimum atomic E-state index is -1.71. The largest absolute Gasteiger partial charge is 0.507 e. The first-order valence-electron chi connectivity index (χ1n) is 12.0. The van der Waals surface area contributed by atoms with Crippen LogP contribution >= 0.6 is 11.8 Å². The summed E-state index contributed by atoms with van der Waals surface area (Å²) >= 11 is 0.795. The maximum atomic E-state index is 13.6. The van der Waals surface area contributed by atoms with Crippen LogP contribution in [0.25, 0.3) is 0 Å². The molecule has 12 nitrogen and oxygen atoms in total. The molecule has 0 saturated carbocycles. The quantitative estimate of drug-likeness (QED) is 0.140. The minimum absolute atomic E-state index is 0.00534. The van der Waals surface area contributed by atoms with Crippen molar-refractivity contribution in [3.63, 3.8) is 0 Å². The molecule has 1 amide bonds. The van der Waals surface area contributed by atoms with Gasteiger partial charge in [-0.1, -0.05) is 11.8 Å². The molecular formula is C26H26N2O10S. The number of phenols is 1. The summed E-state index contributed by atoms with van der Waals surface area (Å²) in [4.78, 5) is 73.2. The highest BCUT2D eigenvalue weighted by atomic mass is 32.2. The van der Waals surface area contributed by atoms with Crippen LogP contribution in [0, 0.1) is 6.92 Å². The molecule has 4 N–H and O–H groups in total. The van der Waals surface area contributed by atoms with Crippen LogP contribution in [-0.4, -0.2) is 62.9 Å². The number of aliphatic carboxylic acids is 1. The number of ether oxygens (including phenoxy) is 2. The molecule has 13 heteroatoms. The molecule has 3 aliphatic rings. The van der Waals surface area contributed by atoms with E-state index in [0.717, 1.165) is 17.8 Å². The first kappa shape index (κ1) is 27.9. The summed E-state index contributed by atoms with van der Waals surface area (Å²) in [6.45, 7) is 5.77. The van der Waals surface area contributed by atoms with Gasteiger partial charge < -0.3 is 30.3 Å². The predicted molar refractivity (Wildman–Crippen MR) is 137 cm³/mol. The number of hydrogen-bond acceptors (Lipinski definition) is 11. The van der Waals surface area contributed by atoms with Gasteiger partial charge in [0.1, 0.15) is 23.1 Å². The fraction of sp³-hybridized carbons (Fsp3) is 0.385. The second-order valence-electron chi connectivity index (χ2n) is 9.33. The SMILES string of the molecule is CC(=O)NC(CSC(=O)CCCN/C(C)=C1\C(=O)C=C2Oc3c(C(C)=O)c(O)c(C)c4c3C2(O4)C1=O)C(=O)O. The van der Waals surface area contributed by atoms with Crippen LogP contribution in [-0.2, 0) is 29.6 Å². The van der Waals surface area contributed by atoms with E-state index in [2.05, 4.69) is 10.6 Å². The third-order valence-electron chi connectivity index (χ3n) is 6.60. The van der Waals surface area contributed by atoms with E-state index >= 15 is 0 Å². The highest BCUT2D eigenvalue weighted by molar-refractivity contribution is 8.13. The average molecular weight is 559 g/mol. The van der Waals surface area contributed by atoms with Crippen molar-refractivity contribution >= 4 is 46.1 Å². The number of rotatable bonds is 10. The molecule has 0 fully saturated rings. The summed E-state index contributed by atoms with van der Waals surface area (Å²) < 4.78 is 11.6. The lowest BCUT2D eigenvalue weighted by molar-refractivity contribution is -0.140. The van der Waals surface area contributed by atoms with Crippen LogP contribution in [0.5, 0.6) is 17.2 Å². The molecule has 0 saturated heterocycles. The summed E-state index contributed by atoms with van der Waals surface area (Å²) in [5.41, 5.74) is -1.09. The molecule has 2 unspecified atom stereocenters. The number of ketones is 3. The maximum Gasteiger partial charge on any atom is 0.327 e. The normalized spacial score (nSPS) is 20.4. The number of phenolic OH excluding ortho intramolecular Hbond substituents is 1. The molecule has 2 aliphatic heterocycles. The summed E-state index contributed by atoms with van der Waals surface area (Å²) in [6.07, 6.45) is 1.55. The number of nitrogens with one attached hydrogen (secondary N) is 2. The van der Waals surface area contributed by atoms with E-state index in [1.807, 2.05) is 0 Å². The van der Waals surface area contributed by atoms with Crippen molar-refractivity contribution in [2.75, 3.05) is 12.3 Å². The number of benzene rings is 1. The first-order valence-corrected chi connectivity index (χ1v) is 13.0. The lowest BCUT2D eigenvalue weighted by Gasteiger charge is -2.41. The molecule has 0 aromatic heterocycles. The van der Waals surface area contributed by atoms with E-state index in [1.165, 1.54) is 13.8 Å². The van der Waals surface area contributed by atoms with E-state index < -0.39 is 40.9 Å². The van der Waals surface area contributed by atoms with Gasteiger partial charge in [0, 0.05) is 43.0 Å². The zero-order chi connectivity index (χ0) is 28.8. The fourth-order valence-corrected chi connectivity index (χ4v) is 5.58. The van der Waals surface area contributed by atoms with E-state index in [-0.39, 0.29) is 69.2 Å². The van der Waals surface area contributed by atoms with E-state index in [1.54, 1.807) is 13.8 Å². The Labute approximate surface area is 226 Å². The van der Waals surface area contributed by atoms with Gasteiger partial charge in [0.15, 0.2) is 28.2 Å². The molecule has 1 aromatic rings. The zero-order valence-electron chi connectivity index (χ0n) is 21.6. The molecular weight excluding hydrogens is 532 g/mol. The summed E-state index contributed by atoms with van der Waals surface area (Å²) in [5.74, 6) is -3.76. The second kappa shape index (κ2) is 10.2. The average Bonchev–Trinajstić information content (AvgIpc) is 3.08. The smallest absolute Gasteiger partial charge is 0.327 e. The Kier molecular flexibility index (Phi) is 7.30. The lowest BCUT2D eigenvalue weighted by atomic mass is 9.74. The van der Waals surface area contributed by atoms with Crippen molar-refractivity contribution in [2.45, 2.75) is 52.2 Å². The summed E-state index contributed by atoms with van der Waals surface area (Å²) in [6, 6.07) is -1.18. The van der Waals surface area contributed by atoms with Crippen LogP contribution in [0.15, 0.2) is 23.1 Å². The monoisotopic (exact) mass is 558 g/mol. The van der Waals surface area contributed by atoms with E-state index in [9.17, 15) is 33.9 Å². The number of carbonyl (C=O) groups is 6. The first-order chi connectivity index (χ1) is 18.3. The van der Waals surface area contributed by atoms with Gasteiger partial charge in [0.05, 0.1) is 11.1 Å². The van der Waals surface area contributed by atoms with Crippen molar-refractivity contribution in [3.05, 3.63) is 39.8 Å². The van der Waals surface area contributed by atoms with Gasteiger partial charge in [0.2, 0.25) is 11.7 Å². The Morgan fingerprint density at radius 2 is 1.82 bits per heavy atom. The Bertz CT molecular complexity index is 1430.